The van der Waals surface area contributed by atoms with Crippen LogP contribution in [0, 0.1) is 28.7 Å². The molecule has 0 unspecified atom stereocenters. The number of carbonyl (C=O) groups is 1. The number of carboxylic acid groups (broad SMARTS) is 1. The molecule has 50 heavy (non-hydrogen) atoms. The number of rotatable bonds is 9. The average Bonchev–Trinajstić information content (AvgIpc) is 3.83. The van der Waals surface area contributed by atoms with Crippen LogP contribution in [-0.4, -0.2) is 58.8 Å². The molecular formula is C34H26ClF4N7O4. The summed E-state index contributed by atoms with van der Waals surface area (Å²) < 4.78 is 76.3. The summed E-state index contributed by atoms with van der Waals surface area (Å²) in [6, 6.07) is 8.26. The van der Waals surface area contributed by atoms with Gasteiger partial charge in [-0.25, -0.2) is 42.0 Å². The number of aromatic nitrogens is 7. The number of fused-ring (bicyclic) bond motifs is 1. The lowest BCUT2D eigenvalue weighted by Crippen LogP contribution is -2.27. The fraction of sp³-hybridized carbons (Fsp3) is 0.235. The maximum absolute atomic E-state index is 15.8. The van der Waals surface area contributed by atoms with Crippen molar-refractivity contribution >= 4 is 28.6 Å². The first-order valence-corrected chi connectivity index (χ1v) is 15.6. The molecule has 256 valence electrons. The normalized spacial score (nSPS) is 15.5. The van der Waals surface area contributed by atoms with Crippen molar-refractivity contribution in [2.45, 2.75) is 32.9 Å². The number of halogens is 5. The molecule has 6 aromatic rings. The zero-order valence-corrected chi connectivity index (χ0v) is 27.1. The van der Waals surface area contributed by atoms with Crippen LogP contribution in [0.3, 0.4) is 0 Å². The van der Waals surface area contributed by atoms with Gasteiger partial charge >= 0.3 is 5.97 Å². The van der Waals surface area contributed by atoms with Crippen LogP contribution in [-0.2, 0) is 17.8 Å². The first kappa shape index (κ1) is 33.1. The monoisotopic (exact) mass is 707 g/mol. The van der Waals surface area contributed by atoms with E-state index in [4.69, 9.17) is 21.1 Å². The molecule has 1 aliphatic rings. The molecule has 1 N–H and O–H groups in total. The van der Waals surface area contributed by atoms with Crippen molar-refractivity contribution in [2.24, 2.45) is 5.41 Å². The fourth-order valence-electron chi connectivity index (χ4n) is 5.90. The molecule has 0 aliphatic carbocycles. The molecular weight excluding hydrogens is 682 g/mol. The molecule has 1 saturated heterocycles. The Morgan fingerprint density at radius 2 is 1.90 bits per heavy atom. The maximum atomic E-state index is 15.8. The Kier molecular flexibility index (Phi) is 8.48. The molecule has 1 aliphatic heterocycles. The lowest BCUT2D eigenvalue weighted by molar-refractivity contribution is 0.0697. The summed E-state index contributed by atoms with van der Waals surface area (Å²) in [5, 5.41) is 17.4. The molecule has 5 heterocycles. The molecule has 1 atom stereocenters. The molecule has 0 radical (unpaired) electrons. The molecule has 0 spiro atoms. The summed E-state index contributed by atoms with van der Waals surface area (Å²) in [5.74, 6) is -6.03. The zero-order chi connectivity index (χ0) is 35.3. The SMILES string of the molecule is CC1(C)COC[C@H]1n1c(Cc2c(F)cc(-c3ccc(F)c(OCc4cnc(-n5ccnn5)cc4Cl)n3)c(F)c2F)nc2ccc(C(=O)O)cc21. The van der Waals surface area contributed by atoms with Crippen LogP contribution in [0.2, 0.25) is 5.02 Å². The van der Waals surface area contributed by atoms with Crippen molar-refractivity contribution in [1.82, 2.24) is 34.5 Å². The van der Waals surface area contributed by atoms with Gasteiger partial charge in [-0.15, -0.1) is 5.10 Å². The van der Waals surface area contributed by atoms with Gasteiger partial charge in [-0.1, -0.05) is 30.7 Å². The number of imidazole rings is 1. The van der Waals surface area contributed by atoms with E-state index < -0.39 is 58.1 Å². The lowest BCUT2D eigenvalue weighted by atomic mass is 9.87. The first-order chi connectivity index (χ1) is 23.9. The van der Waals surface area contributed by atoms with Gasteiger partial charge in [-0.2, -0.15) is 0 Å². The number of pyridine rings is 2. The molecule has 0 bridgehead atoms. The number of nitrogens with zero attached hydrogens (tertiary/aromatic N) is 7. The Bertz CT molecular complexity index is 2280. The highest BCUT2D eigenvalue weighted by atomic mass is 35.5. The van der Waals surface area contributed by atoms with Crippen LogP contribution in [0.1, 0.15) is 47.2 Å². The van der Waals surface area contributed by atoms with E-state index in [0.717, 1.165) is 18.2 Å². The van der Waals surface area contributed by atoms with E-state index in [1.54, 1.807) is 10.8 Å². The molecule has 11 nitrogen and oxygen atoms in total. The summed E-state index contributed by atoms with van der Waals surface area (Å²) in [7, 11) is 0. The highest BCUT2D eigenvalue weighted by Gasteiger charge is 2.39. The van der Waals surface area contributed by atoms with Crippen LogP contribution in [0.4, 0.5) is 17.6 Å². The number of aromatic carboxylic acids is 1. The predicted molar refractivity (Wildman–Crippen MR) is 171 cm³/mol. The highest BCUT2D eigenvalue weighted by Crippen LogP contribution is 2.41. The molecule has 4 aromatic heterocycles. The van der Waals surface area contributed by atoms with E-state index in [1.807, 2.05) is 13.8 Å². The second kappa shape index (κ2) is 12.8. The van der Waals surface area contributed by atoms with Crippen molar-refractivity contribution in [2.75, 3.05) is 13.2 Å². The minimum atomic E-state index is -1.48. The second-order valence-corrected chi connectivity index (χ2v) is 12.8. The summed E-state index contributed by atoms with van der Waals surface area (Å²) in [4.78, 5) is 24.5. The minimum Gasteiger partial charge on any atom is -0.478 e. The quantitative estimate of drug-likeness (QED) is 0.128. The van der Waals surface area contributed by atoms with E-state index in [0.29, 0.717) is 29.0 Å². The fourth-order valence-corrected chi connectivity index (χ4v) is 6.10. The number of hydrogen-bond acceptors (Lipinski definition) is 8. The second-order valence-electron chi connectivity index (χ2n) is 12.4. The number of benzene rings is 2. The topological polar surface area (TPSA) is 130 Å². The van der Waals surface area contributed by atoms with Gasteiger partial charge in [0.15, 0.2) is 23.3 Å². The minimum absolute atomic E-state index is 0.00524. The van der Waals surface area contributed by atoms with Gasteiger partial charge in [0.2, 0.25) is 0 Å². The van der Waals surface area contributed by atoms with Gasteiger partial charge in [0.1, 0.15) is 18.2 Å². The van der Waals surface area contributed by atoms with Crippen LogP contribution < -0.4 is 4.74 Å². The lowest BCUT2D eigenvalue weighted by Gasteiger charge is -2.28. The van der Waals surface area contributed by atoms with Crippen molar-refractivity contribution in [3.05, 3.63) is 112 Å². The molecule has 0 amide bonds. The van der Waals surface area contributed by atoms with Gasteiger partial charge < -0.3 is 19.1 Å². The molecule has 7 rings (SSSR count). The van der Waals surface area contributed by atoms with E-state index >= 15 is 13.2 Å². The molecule has 1 fully saturated rings. The number of hydrogen-bond donors (Lipinski definition) is 1. The Morgan fingerprint density at radius 3 is 2.60 bits per heavy atom. The van der Waals surface area contributed by atoms with E-state index in [1.165, 1.54) is 41.3 Å². The van der Waals surface area contributed by atoms with Crippen LogP contribution >= 0.6 is 11.6 Å². The smallest absolute Gasteiger partial charge is 0.335 e. The van der Waals surface area contributed by atoms with Gasteiger partial charge in [-0.05, 0) is 36.4 Å². The number of carboxylic acids is 1. The molecule has 0 saturated carbocycles. The third kappa shape index (κ3) is 6.02. The average molecular weight is 708 g/mol. The van der Waals surface area contributed by atoms with Gasteiger partial charge in [0.25, 0.3) is 5.88 Å². The maximum Gasteiger partial charge on any atom is 0.335 e. The predicted octanol–water partition coefficient (Wildman–Crippen LogP) is 6.75. The summed E-state index contributed by atoms with van der Waals surface area (Å²) in [6.45, 7) is 4.26. The largest absolute Gasteiger partial charge is 0.478 e. The highest BCUT2D eigenvalue weighted by molar-refractivity contribution is 6.31. The van der Waals surface area contributed by atoms with E-state index in [2.05, 4.69) is 25.3 Å². The van der Waals surface area contributed by atoms with Crippen molar-refractivity contribution in [3.8, 4) is 23.0 Å². The van der Waals surface area contributed by atoms with Crippen molar-refractivity contribution in [1.29, 1.82) is 0 Å². The Balaban J connectivity index is 1.19. The first-order valence-electron chi connectivity index (χ1n) is 15.2. The number of ether oxygens (including phenoxy) is 2. The summed E-state index contributed by atoms with van der Waals surface area (Å²) in [6.07, 6.45) is 3.96. The Labute approximate surface area is 286 Å². The van der Waals surface area contributed by atoms with Crippen LogP contribution in [0.25, 0.3) is 28.1 Å². The van der Waals surface area contributed by atoms with Gasteiger partial charge in [0.05, 0.1) is 59.0 Å². The molecule has 16 heteroatoms. The van der Waals surface area contributed by atoms with E-state index in [-0.39, 0.29) is 41.4 Å². The zero-order valence-electron chi connectivity index (χ0n) is 26.4. The standard InChI is InChI=1S/C34H26ClF4N7O4/c1-34(2)16-49-15-27(34)46-26-9-17(33(47)48)3-5-25(26)42-29(46)11-19-23(37)10-20(31(39)30(19)38)24-6-4-22(36)32(43-24)50-14-18-13-40-28(12-21(18)35)45-8-7-41-44-45/h3-10,12-13,27H,11,14-16H2,1-2H3,(H,47,48)/t27-/m1/s1. The third-order valence-corrected chi connectivity index (χ3v) is 8.94. The van der Waals surface area contributed by atoms with Gasteiger partial charge in [-0.3, -0.25) is 0 Å². The van der Waals surface area contributed by atoms with Crippen molar-refractivity contribution < 1.29 is 36.9 Å². The van der Waals surface area contributed by atoms with E-state index in [9.17, 15) is 14.3 Å². The van der Waals surface area contributed by atoms with Crippen LogP contribution in [0.15, 0.2) is 61.1 Å². The molecule has 2 aromatic carbocycles. The van der Waals surface area contributed by atoms with Crippen molar-refractivity contribution in [3.63, 3.8) is 0 Å². The van der Waals surface area contributed by atoms with Gasteiger partial charge in [0, 0.05) is 40.8 Å². The third-order valence-electron chi connectivity index (χ3n) is 8.59. The van der Waals surface area contributed by atoms with Crippen LogP contribution in [0.5, 0.6) is 5.88 Å². The Morgan fingerprint density at radius 1 is 1.08 bits per heavy atom. The Hall–Kier alpha value is -5.41. The summed E-state index contributed by atoms with van der Waals surface area (Å²) >= 11 is 6.35. The summed E-state index contributed by atoms with van der Waals surface area (Å²) in [5.41, 5.74) is -0.677.